The number of unbranched alkanes of at least 4 members (excludes halogenated alkanes) is 3. The number of amides is 1. The summed E-state index contributed by atoms with van der Waals surface area (Å²) < 4.78 is 6.63. The molecule has 3 N–H and O–H groups in total. The van der Waals surface area contributed by atoms with Crippen molar-refractivity contribution >= 4 is 17.7 Å². The first kappa shape index (κ1) is 17.4. The van der Waals surface area contributed by atoms with Gasteiger partial charge in [-0.25, -0.2) is 4.68 Å². The zero-order chi connectivity index (χ0) is 16.7. The topological polar surface area (TPSA) is 99.0 Å². The molecule has 0 saturated heterocycles. The maximum absolute atomic E-state index is 11.8. The van der Waals surface area contributed by atoms with Crippen molar-refractivity contribution in [3.63, 3.8) is 0 Å². The zero-order valence-electron chi connectivity index (χ0n) is 13.5. The van der Waals surface area contributed by atoms with E-state index in [2.05, 4.69) is 22.4 Å². The predicted molar refractivity (Wildman–Crippen MR) is 90.5 cm³/mol. The standard InChI is InChI=1S/C15H23N5O2S/c1-3-4-5-6-8-17-13(21)10-23-15-19-18-14(20(15)16)12-7-9-22-11(12)2/h7,9H,3-6,8,10,16H2,1-2H3,(H,17,21). The van der Waals surface area contributed by atoms with Crippen molar-refractivity contribution in [3.05, 3.63) is 18.1 Å². The number of aryl methyl sites for hydroxylation is 1. The van der Waals surface area contributed by atoms with Crippen LogP contribution < -0.4 is 11.2 Å². The molecule has 0 aliphatic rings. The van der Waals surface area contributed by atoms with E-state index >= 15 is 0 Å². The van der Waals surface area contributed by atoms with Gasteiger partial charge in [-0.05, 0) is 19.4 Å². The Morgan fingerprint density at radius 2 is 2.22 bits per heavy atom. The highest BCUT2D eigenvalue weighted by Crippen LogP contribution is 2.24. The first-order chi connectivity index (χ1) is 11.1. The van der Waals surface area contributed by atoms with Crippen LogP contribution in [0.5, 0.6) is 0 Å². The highest BCUT2D eigenvalue weighted by molar-refractivity contribution is 7.99. The number of furan rings is 1. The molecule has 0 bridgehead atoms. The number of hydrogen-bond acceptors (Lipinski definition) is 6. The van der Waals surface area contributed by atoms with Gasteiger partial charge in [-0.3, -0.25) is 4.79 Å². The molecule has 0 atom stereocenters. The number of carbonyl (C=O) groups is 1. The van der Waals surface area contributed by atoms with Crippen molar-refractivity contribution in [2.45, 2.75) is 44.7 Å². The molecule has 2 rings (SSSR count). The first-order valence-electron chi connectivity index (χ1n) is 7.78. The van der Waals surface area contributed by atoms with Gasteiger partial charge in [-0.2, -0.15) is 0 Å². The van der Waals surface area contributed by atoms with E-state index in [0.717, 1.165) is 24.2 Å². The van der Waals surface area contributed by atoms with Crippen LogP contribution in [0.25, 0.3) is 11.4 Å². The summed E-state index contributed by atoms with van der Waals surface area (Å²) in [6.07, 6.45) is 6.14. The average molecular weight is 337 g/mol. The monoisotopic (exact) mass is 337 g/mol. The molecule has 8 heteroatoms. The van der Waals surface area contributed by atoms with E-state index in [4.69, 9.17) is 10.3 Å². The van der Waals surface area contributed by atoms with Crippen molar-refractivity contribution in [1.82, 2.24) is 20.2 Å². The number of rotatable bonds is 9. The van der Waals surface area contributed by atoms with Crippen molar-refractivity contribution in [2.24, 2.45) is 0 Å². The Morgan fingerprint density at radius 3 is 2.91 bits per heavy atom. The number of hydrogen-bond donors (Lipinski definition) is 2. The Bertz CT molecular complexity index is 638. The van der Waals surface area contributed by atoms with Crippen LogP contribution in [0, 0.1) is 6.92 Å². The van der Waals surface area contributed by atoms with Gasteiger partial charge in [0.15, 0.2) is 5.82 Å². The van der Waals surface area contributed by atoms with E-state index in [-0.39, 0.29) is 11.7 Å². The molecule has 126 valence electrons. The third-order valence-corrected chi connectivity index (χ3v) is 4.39. The summed E-state index contributed by atoms with van der Waals surface area (Å²) in [4.78, 5) is 11.8. The molecule has 0 unspecified atom stereocenters. The Kier molecular flexibility index (Phi) is 6.52. The molecule has 0 saturated carbocycles. The van der Waals surface area contributed by atoms with E-state index in [1.807, 2.05) is 6.92 Å². The van der Waals surface area contributed by atoms with Gasteiger partial charge in [0.1, 0.15) is 5.76 Å². The fraction of sp³-hybridized carbons (Fsp3) is 0.533. The Morgan fingerprint density at radius 1 is 1.39 bits per heavy atom. The second-order valence-electron chi connectivity index (χ2n) is 5.27. The van der Waals surface area contributed by atoms with E-state index in [1.54, 1.807) is 12.3 Å². The Labute approximate surface area is 140 Å². The minimum Gasteiger partial charge on any atom is -0.469 e. The van der Waals surface area contributed by atoms with Crippen LogP contribution >= 0.6 is 11.8 Å². The normalized spacial score (nSPS) is 10.9. The maximum Gasteiger partial charge on any atom is 0.230 e. The zero-order valence-corrected chi connectivity index (χ0v) is 14.4. The van der Waals surface area contributed by atoms with E-state index in [0.29, 0.717) is 17.5 Å². The lowest BCUT2D eigenvalue weighted by molar-refractivity contribution is -0.118. The van der Waals surface area contributed by atoms with Crippen LogP contribution in [-0.4, -0.2) is 33.1 Å². The lowest BCUT2D eigenvalue weighted by Gasteiger charge is -2.05. The fourth-order valence-corrected chi connectivity index (χ4v) is 2.82. The summed E-state index contributed by atoms with van der Waals surface area (Å²) in [6, 6.07) is 1.79. The summed E-state index contributed by atoms with van der Waals surface area (Å²) in [5.41, 5.74) is 0.798. The van der Waals surface area contributed by atoms with Crippen molar-refractivity contribution in [2.75, 3.05) is 18.1 Å². The molecule has 2 aromatic rings. The molecule has 0 spiro atoms. The van der Waals surface area contributed by atoms with E-state index in [1.165, 1.54) is 29.3 Å². The highest BCUT2D eigenvalue weighted by atomic mass is 32.2. The average Bonchev–Trinajstić information content (AvgIpc) is 3.11. The molecule has 1 amide bonds. The van der Waals surface area contributed by atoms with Gasteiger partial charge in [0.25, 0.3) is 0 Å². The van der Waals surface area contributed by atoms with Crippen LogP contribution in [0.1, 0.15) is 38.4 Å². The summed E-state index contributed by atoms with van der Waals surface area (Å²) in [5.74, 6) is 7.51. The van der Waals surface area contributed by atoms with Gasteiger partial charge in [-0.15, -0.1) is 10.2 Å². The number of carbonyl (C=O) groups excluding carboxylic acids is 1. The van der Waals surface area contributed by atoms with Crippen LogP contribution in [0.3, 0.4) is 0 Å². The number of thioether (sulfide) groups is 1. The molecule has 0 aliphatic carbocycles. The molecule has 0 fully saturated rings. The minimum absolute atomic E-state index is 0.0180. The molecule has 7 nitrogen and oxygen atoms in total. The molecule has 2 heterocycles. The third kappa shape index (κ3) is 4.75. The number of nitrogens with two attached hydrogens (primary N) is 1. The van der Waals surface area contributed by atoms with E-state index in [9.17, 15) is 4.79 Å². The largest absolute Gasteiger partial charge is 0.469 e. The van der Waals surface area contributed by atoms with Gasteiger partial charge in [0.2, 0.25) is 11.1 Å². The van der Waals surface area contributed by atoms with Gasteiger partial charge in [-0.1, -0.05) is 37.9 Å². The third-order valence-electron chi connectivity index (χ3n) is 3.45. The van der Waals surface area contributed by atoms with Crippen LogP contribution in [0.2, 0.25) is 0 Å². The quantitative estimate of drug-likeness (QED) is 0.414. The first-order valence-corrected chi connectivity index (χ1v) is 8.76. The van der Waals surface area contributed by atoms with Gasteiger partial charge >= 0.3 is 0 Å². The van der Waals surface area contributed by atoms with Crippen molar-refractivity contribution in [3.8, 4) is 11.4 Å². The number of aromatic nitrogens is 3. The van der Waals surface area contributed by atoms with Gasteiger partial charge in [0.05, 0.1) is 17.6 Å². The van der Waals surface area contributed by atoms with Crippen LogP contribution in [-0.2, 0) is 4.79 Å². The smallest absolute Gasteiger partial charge is 0.230 e. The fourth-order valence-electron chi connectivity index (χ4n) is 2.14. The molecule has 23 heavy (non-hydrogen) atoms. The SMILES string of the molecule is CCCCCCNC(=O)CSc1nnc(-c2ccoc2C)n1N. The molecular formula is C15H23N5O2S. The summed E-state index contributed by atoms with van der Waals surface area (Å²) >= 11 is 1.27. The van der Waals surface area contributed by atoms with Crippen molar-refractivity contribution in [1.29, 1.82) is 0 Å². The second-order valence-corrected chi connectivity index (χ2v) is 6.21. The second kappa shape index (κ2) is 8.61. The summed E-state index contributed by atoms with van der Waals surface area (Å²) in [7, 11) is 0. The van der Waals surface area contributed by atoms with Gasteiger partial charge in [0, 0.05) is 6.54 Å². The molecule has 0 aromatic carbocycles. The highest BCUT2D eigenvalue weighted by Gasteiger charge is 2.16. The number of nitrogens with zero attached hydrogens (tertiary/aromatic N) is 3. The Balaban J connectivity index is 1.81. The summed E-state index contributed by atoms with van der Waals surface area (Å²) in [5, 5.41) is 11.5. The van der Waals surface area contributed by atoms with Crippen molar-refractivity contribution < 1.29 is 9.21 Å². The number of nitrogens with one attached hydrogen (secondary N) is 1. The lowest BCUT2D eigenvalue weighted by atomic mass is 10.2. The number of nitrogen functional groups attached to an aromatic ring is 1. The predicted octanol–water partition coefficient (Wildman–Crippen LogP) is 2.35. The van der Waals surface area contributed by atoms with Gasteiger partial charge < -0.3 is 15.6 Å². The summed E-state index contributed by atoms with van der Waals surface area (Å²) in [6.45, 7) is 4.72. The van der Waals surface area contributed by atoms with E-state index < -0.39 is 0 Å². The maximum atomic E-state index is 11.8. The Hall–Kier alpha value is -1.96. The molecular weight excluding hydrogens is 314 g/mol. The minimum atomic E-state index is -0.0180. The molecule has 0 radical (unpaired) electrons. The molecule has 0 aliphatic heterocycles. The van der Waals surface area contributed by atoms with Crippen LogP contribution in [0.4, 0.5) is 0 Å². The van der Waals surface area contributed by atoms with Crippen LogP contribution in [0.15, 0.2) is 21.9 Å². The lowest BCUT2D eigenvalue weighted by Crippen LogP contribution is -2.26. The molecule has 2 aromatic heterocycles.